The summed E-state index contributed by atoms with van der Waals surface area (Å²) in [4.78, 5) is 14.4. The van der Waals surface area contributed by atoms with Gasteiger partial charge >= 0.3 is 0 Å². The molecule has 0 atom stereocenters. The highest BCUT2D eigenvalue weighted by Gasteiger charge is 2.33. The van der Waals surface area contributed by atoms with Gasteiger partial charge in [0.1, 0.15) is 0 Å². The van der Waals surface area contributed by atoms with Gasteiger partial charge in [-0.15, -0.1) is 0 Å². The number of sulfonamides is 1. The number of carbonyl (C=O) groups excluding carboxylic acids is 1. The maximum atomic E-state index is 12.6. The van der Waals surface area contributed by atoms with Crippen molar-refractivity contribution >= 4 is 27.5 Å². The molecule has 25 heavy (non-hydrogen) atoms. The fourth-order valence-corrected chi connectivity index (χ4v) is 4.99. The van der Waals surface area contributed by atoms with Crippen molar-refractivity contribution in [1.82, 2.24) is 9.21 Å². The van der Waals surface area contributed by atoms with Crippen LogP contribution in [0.5, 0.6) is 0 Å². The molecule has 0 unspecified atom stereocenters. The van der Waals surface area contributed by atoms with E-state index in [-0.39, 0.29) is 17.6 Å². The van der Waals surface area contributed by atoms with Crippen LogP contribution in [0.3, 0.4) is 0 Å². The molecular weight excluding hydrogens is 364 g/mol. The fourth-order valence-electron chi connectivity index (χ4n) is 3.31. The zero-order chi connectivity index (χ0) is 17.9. The van der Waals surface area contributed by atoms with E-state index in [1.54, 1.807) is 24.3 Å². The summed E-state index contributed by atoms with van der Waals surface area (Å²) in [7, 11) is -3.38. The lowest BCUT2D eigenvalue weighted by atomic mass is 9.96. The van der Waals surface area contributed by atoms with Crippen LogP contribution in [-0.2, 0) is 25.3 Å². The molecule has 1 amide bonds. The standard InChI is InChI=1S/C17H23ClN2O4S/c18-16-3-1-14(2-4-16)13-25(22,23)20-7-5-15(6-8-20)17(21)19-9-11-24-12-10-19/h1-4,15H,5-13H2. The average molecular weight is 387 g/mol. The second-order valence-corrected chi connectivity index (χ2v) is 8.90. The van der Waals surface area contributed by atoms with Gasteiger partial charge < -0.3 is 9.64 Å². The van der Waals surface area contributed by atoms with E-state index >= 15 is 0 Å². The molecule has 3 rings (SSSR count). The summed E-state index contributed by atoms with van der Waals surface area (Å²) in [5.41, 5.74) is 0.718. The quantitative estimate of drug-likeness (QED) is 0.790. The molecule has 138 valence electrons. The van der Waals surface area contributed by atoms with Crippen LogP contribution in [0.1, 0.15) is 18.4 Å². The Kier molecular flexibility index (Phi) is 5.99. The molecule has 2 fully saturated rings. The van der Waals surface area contributed by atoms with Gasteiger partial charge in [-0.25, -0.2) is 12.7 Å². The Morgan fingerprint density at radius 1 is 1.08 bits per heavy atom. The molecule has 0 aliphatic carbocycles. The third-order valence-electron chi connectivity index (χ3n) is 4.78. The second-order valence-electron chi connectivity index (χ2n) is 6.49. The number of morpholine rings is 1. The lowest BCUT2D eigenvalue weighted by Crippen LogP contribution is -2.47. The Morgan fingerprint density at radius 2 is 1.68 bits per heavy atom. The number of hydrogen-bond acceptors (Lipinski definition) is 4. The van der Waals surface area contributed by atoms with Crippen LogP contribution < -0.4 is 0 Å². The first-order valence-corrected chi connectivity index (χ1v) is 10.5. The van der Waals surface area contributed by atoms with Crippen LogP contribution in [0.25, 0.3) is 0 Å². The van der Waals surface area contributed by atoms with Crippen molar-refractivity contribution in [3.63, 3.8) is 0 Å². The van der Waals surface area contributed by atoms with Crippen molar-refractivity contribution < 1.29 is 17.9 Å². The number of amides is 1. The topological polar surface area (TPSA) is 66.9 Å². The molecule has 2 aliphatic heterocycles. The molecule has 0 spiro atoms. The maximum absolute atomic E-state index is 12.6. The molecule has 0 radical (unpaired) electrons. The van der Waals surface area contributed by atoms with Crippen molar-refractivity contribution in [2.24, 2.45) is 5.92 Å². The summed E-state index contributed by atoms with van der Waals surface area (Å²) in [5.74, 6) is 0.0184. The zero-order valence-corrected chi connectivity index (χ0v) is 15.6. The highest BCUT2D eigenvalue weighted by molar-refractivity contribution is 7.88. The van der Waals surface area contributed by atoms with E-state index in [0.717, 1.165) is 5.56 Å². The van der Waals surface area contributed by atoms with Crippen molar-refractivity contribution in [3.8, 4) is 0 Å². The third kappa shape index (κ3) is 4.73. The van der Waals surface area contributed by atoms with E-state index in [1.807, 2.05) is 4.90 Å². The summed E-state index contributed by atoms with van der Waals surface area (Å²) in [6.07, 6.45) is 1.16. The van der Waals surface area contributed by atoms with Crippen molar-refractivity contribution in [2.45, 2.75) is 18.6 Å². The monoisotopic (exact) mass is 386 g/mol. The largest absolute Gasteiger partial charge is 0.378 e. The van der Waals surface area contributed by atoms with E-state index in [1.165, 1.54) is 4.31 Å². The third-order valence-corrected chi connectivity index (χ3v) is 6.88. The molecule has 6 nitrogen and oxygen atoms in total. The molecule has 2 aliphatic rings. The summed E-state index contributed by atoms with van der Waals surface area (Å²) in [5, 5.41) is 0.587. The van der Waals surface area contributed by atoms with Crippen molar-refractivity contribution in [3.05, 3.63) is 34.9 Å². The Bertz CT molecular complexity index is 694. The first-order valence-electron chi connectivity index (χ1n) is 8.54. The lowest BCUT2D eigenvalue weighted by Gasteiger charge is -2.35. The van der Waals surface area contributed by atoms with Gasteiger partial charge in [-0.3, -0.25) is 4.79 Å². The fraction of sp³-hybridized carbons (Fsp3) is 0.588. The predicted octanol–water partition coefficient (Wildman–Crippen LogP) is 1.74. The van der Waals surface area contributed by atoms with Gasteiger partial charge in [0.15, 0.2) is 0 Å². The number of hydrogen-bond donors (Lipinski definition) is 0. The van der Waals surface area contributed by atoms with E-state index in [2.05, 4.69) is 0 Å². The number of rotatable bonds is 4. The van der Waals surface area contributed by atoms with E-state index in [4.69, 9.17) is 16.3 Å². The predicted molar refractivity (Wildman–Crippen MR) is 95.8 cm³/mol. The van der Waals surface area contributed by atoms with Gasteiger partial charge in [-0.05, 0) is 30.5 Å². The van der Waals surface area contributed by atoms with E-state index in [0.29, 0.717) is 57.3 Å². The van der Waals surface area contributed by atoms with Crippen LogP contribution in [-0.4, -0.2) is 62.9 Å². The summed E-state index contributed by atoms with van der Waals surface area (Å²) >= 11 is 5.84. The summed E-state index contributed by atoms with van der Waals surface area (Å²) in [6.45, 7) is 3.23. The molecule has 2 heterocycles. The number of ether oxygens (including phenoxy) is 1. The average Bonchev–Trinajstić information content (AvgIpc) is 2.64. The number of halogens is 1. The van der Waals surface area contributed by atoms with Gasteiger partial charge in [-0.2, -0.15) is 0 Å². The molecule has 0 aromatic heterocycles. The summed E-state index contributed by atoms with van der Waals surface area (Å²) < 4.78 is 32.0. The highest BCUT2D eigenvalue weighted by atomic mass is 35.5. The molecule has 0 saturated carbocycles. The Morgan fingerprint density at radius 3 is 2.28 bits per heavy atom. The van der Waals surface area contributed by atoms with Gasteiger partial charge in [0.25, 0.3) is 0 Å². The minimum absolute atomic E-state index is 0.0355. The van der Waals surface area contributed by atoms with Gasteiger partial charge in [0, 0.05) is 37.1 Å². The number of benzene rings is 1. The summed E-state index contributed by atoms with van der Waals surface area (Å²) in [6, 6.07) is 6.85. The molecule has 1 aromatic rings. The van der Waals surface area contributed by atoms with Crippen LogP contribution in [0, 0.1) is 5.92 Å². The van der Waals surface area contributed by atoms with Crippen LogP contribution >= 0.6 is 11.6 Å². The van der Waals surface area contributed by atoms with E-state index in [9.17, 15) is 13.2 Å². The molecule has 0 N–H and O–H groups in total. The number of nitrogens with zero attached hydrogens (tertiary/aromatic N) is 2. The first kappa shape index (κ1) is 18.6. The van der Waals surface area contributed by atoms with Crippen LogP contribution in [0.15, 0.2) is 24.3 Å². The Hall–Kier alpha value is -1.15. The zero-order valence-electron chi connectivity index (χ0n) is 14.1. The number of carbonyl (C=O) groups is 1. The second kappa shape index (κ2) is 8.03. The molecule has 1 aromatic carbocycles. The molecular formula is C17H23ClN2O4S. The molecule has 2 saturated heterocycles. The van der Waals surface area contributed by atoms with Crippen LogP contribution in [0.2, 0.25) is 5.02 Å². The van der Waals surface area contributed by atoms with Crippen molar-refractivity contribution in [1.29, 1.82) is 0 Å². The highest BCUT2D eigenvalue weighted by Crippen LogP contribution is 2.24. The Balaban J connectivity index is 1.55. The van der Waals surface area contributed by atoms with E-state index < -0.39 is 10.0 Å². The Labute approximate surface area is 153 Å². The van der Waals surface area contributed by atoms with Crippen LogP contribution in [0.4, 0.5) is 0 Å². The number of piperidine rings is 1. The molecule has 0 bridgehead atoms. The lowest BCUT2D eigenvalue weighted by molar-refractivity contribution is -0.140. The molecule has 8 heteroatoms. The first-order chi connectivity index (χ1) is 12.0. The smallest absolute Gasteiger partial charge is 0.225 e. The van der Waals surface area contributed by atoms with Gasteiger partial charge in [-0.1, -0.05) is 23.7 Å². The SMILES string of the molecule is O=C(C1CCN(S(=O)(=O)Cc2ccc(Cl)cc2)CC1)N1CCOCC1. The minimum atomic E-state index is -3.38. The van der Waals surface area contributed by atoms with Gasteiger partial charge in [0.2, 0.25) is 15.9 Å². The van der Waals surface area contributed by atoms with Crippen molar-refractivity contribution in [2.75, 3.05) is 39.4 Å². The normalized spacial score (nSPS) is 20.6. The minimum Gasteiger partial charge on any atom is -0.378 e. The van der Waals surface area contributed by atoms with Gasteiger partial charge in [0.05, 0.1) is 19.0 Å². The maximum Gasteiger partial charge on any atom is 0.225 e.